The molecule has 0 radical (unpaired) electrons. The molecule has 18 heavy (non-hydrogen) atoms. The summed E-state index contributed by atoms with van der Waals surface area (Å²) in [6, 6.07) is 1.85. The average Bonchev–Trinajstić information content (AvgIpc) is 2.72. The van der Waals surface area contributed by atoms with E-state index in [1.54, 1.807) is 0 Å². The van der Waals surface area contributed by atoms with Crippen molar-refractivity contribution in [3.05, 3.63) is 29.2 Å². The smallest absolute Gasteiger partial charge is 0.236 e. The molecule has 0 aliphatic rings. The maximum absolute atomic E-state index is 11.7. The van der Waals surface area contributed by atoms with Crippen LogP contribution in [0.15, 0.2) is 22.8 Å². The molecule has 94 valence electrons. The number of rotatable bonds is 4. The van der Waals surface area contributed by atoms with E-state index in [4.69, 9.17) is 0 Å². The van der Waals surface area contributed by atoms with Crippen LogP contribution in [0.2, 0.25) is 0 Å². The minimum Gasteiger partial charge on any atom is -0.301 e. The first kappa shape index (κ1) is 13.0. The molecule has 0 saturated carbocycles. The molecule has 7 heteroatoms. The molecule has 0 atom stereocenters. The third-order valence-corrected chi connectivity index (χ3v) is 3.80. The summed E-state index contributed by atoms with van der Waals surface area (Å²) in [5.74, 6) is 0.236. The van der Waals surface area contributed by atoms with E-state index in [9.17, 15) is 4.79 Å². The molecule has 0 aliphatic heterocycles. The molecule has 0 saturated heterocycles. The topological polar surface area (TPSA) is 67.8 Å². The highest BCUT2D eigenvalue weighted by atomic mass is 32.2. The second kappa shape index (κ2) is 5.92. The average molecular weight is 280 g/mol. The summed E-state index contributed by atoms with van der Waals surface area (Å²) in [7, 11) is 0. The molecule has 2 rings (SSSR count). The van der Waals surface area contributed by atoms with E-state index < -0.39 is 0 Å². The molecule has 2 aromatic rings. The van der Waals surface area contributed by atoms with E-state index in [0.717, 1.165) is 16.4 Å². The SMILES string of the molecule is Cc1cc(SCC(=O)Nc2nc(C)cs2)ncn1. The fourth-order valence-electron chi connectivity index (χ4n) is 1.22. The van der Waals surface area contributed by atoms with Crippen molar-refractivity contribution in [3.63, 3.8) is 0 Å². The van der Waals surface area contributed by atoms with Crippen molar-refractivity contribution in [2.75, 3.05) is 11.1 Å². The van der Waals surface area contributed by atoms with Gasteiger partial charge in [0.15, 0.2) is 5.13 Å². The maximum atomic E-state index is 11.7. The Morgan fingerprint density at radius 2 is 2.22 bits per heavy atom. The van der Waals surface area contributed by atoms with Gasteiger partial charge in [0, 0.05) is 11.1 Å². The van der Waals surface area contributed by atoms with Gasteiger partial charge in [-0.05, 0) is 19.9 Å². The lowest BCUT2D eigenvalue weighted by molar-refractivity contribution is -0.113. The van der Waals surface area contributed by atoms with Gasteiger partial charge in [-0.2, -0.15) is 0 Å². The lowest BCUT2D eigenvalue weighted by atomic mass is 10.5. The van der Waals surface area contributed by atoms with Gasteiger partial charge in [-0.15, -0.1) is 11.3 Å². The normalized spacial score (nSPS) is 10.3. The Hall–Kier alpha value is -1.47. The van der Waals surface area contributed by atoms with Crippen LogP contribution in [0, 0.1) is 13.8 Å². The minimum absolute atomic E-state index is 0.0781. The molecule has 0 fully saturated rings. The predicted octanol–water partition coefficient (Wildman–Crippen LogP) is 2.28. The number of amides is 1. The molecule has 1 amide bonds. The van der Waals surface area contributed by atoms with Crippen LogP contribution < -0.4 is 5.32 Å². The summed E-state index contributed by atoms with van der Waals surface area (Å²) in [5.41, 5.74) is 1.80. The molecular weight excluding hydrogens is 268 g/mol. The Kier molecular flexibility index (Phi) is 4.27. The summed E-state index contributed by atoms with van der Waals surface area (Å²) < 4.78 is 0. The van der Waals surface area contributed by atoms with Gasteiger partial charge in [-0.25, -0.2) is 15.0 Å². The fraction of sp³-hybridized carbons (Fsp3) is 0.273. The largest absolute Gasteiger partial charge is 0.301 e. The van der Waals surface area contributed by atoms with Gasteiger partial charge in [0.05, 0.1) is 11.4 Å². The first-order valence-electron chi connectivity index (χ1n) is 5.27. The Morgan fingerprint density at radius 3 is 2.89 bits per heavy atom. The van der Waals surface area contributed by atoms with E-state index in [1.165, 1.54) is 29.4 Å². The van der Waals surface area contributed by atoms with Crippen LogP contribution in [-0.4, -0.2) is 26.6 Å². The van der Waals surface area contributed by atoms with Crippen molar-refractivity contribution in [2.24, 2.45) is 0 Å². The van der Waals surface area contributed by atoms with Crippen LogP contribution in [0.1, 0.15) is 11.4 Å². The van der Waals surface area contributed by atoms with Gasteiger partial charge in [0.1, 0.15) is 11.4 Å². The fourth-order valence-corrected chi connectivity index (χ4v) is 2.65. The second-order valence-electron chi connectivity index (χ2n) is 3.63. The number of carbonyl (C=O) groups is 1. The highest BCUT2D eigenvalue weighted by Crippen LogP contribution is 2.17. The highest BCUT2D eigenvalue weighted by Gasteiger charge is 2.06. The summed E-state index contributed by atoms with van der Waals surface area (Å²) in [4.78, 5) is 23.9. The van der Waals surface area contributed by atoms with Crippen molar-refractivity contribution >= 4 is 34.1 Å². The zero-order chi connectivity index (χ0) is 13.0. The number of thioether (sulfide) groups is 1. The lowest BCUT2D eigenvalue weighted by Gasteiger charge is -2.01. The molecule has 0 spiro atoms. The Balaban J connectivity index is 1.85. The van der Waals surface area contributed by atoms with Crippen LogP contribution in [-0.2, 0) is 4.79 Å². The number of aryl methyl sites for hydroxylation is 2. The second-order valence-corrected chi connectivity index (χ2v) is 5.48. The summed E-state index contributed by atoms with van der Waals surface area (Å²) in [5, 5.41) is 6.09. The first-order valence-corrected chi connectivity index (χ1v) is 7.13. The minimum atomic E-state index is -0.0781. The van der Waals surface area contributed by atoms with Crippen LogP contribution in [0.5, 0.6) is 0 Å². The third kappa shape index (κ3) is 3.78. The molecule has 0 aromatic carbocycles. The Labute approximate surface area is 113 Å². The van der Waals surface area contributed by atoms with Gasteiger partial charge in [0.2, 0.25) is 5.91 Å². The van der Waals surface area contributed by atoms with E-state index in [0.29, 0.717) is 10.9 Å². The number of nitrogens with one attached hydrogen (secondary N) is 1. The van der Waals surface area contributed by atoms with Crippen LogP contribution in [0.4, 0.5) is 5.13 Å². The zero-order valence-corrected chi connectivity index (χ0v) is 11.6. The summed E-state index contributed by atoms with van der Waals surface area (Å²) >= 11 is 2.81. The molecule has 5 nitrogen and oxygen atoms in total. The number of nitrogens with zero attached hydrogens (tertiary/aromatic N) is 3. The number of anilines is 1. The van der Waals surface area contributed by atoms with Crippen molar-refractivity contribution in [1.29, 1.82) is 0 Å². The molecule has 0 aliphatic carbocycles. The van der Waals surface area contributed by atoms with Gasteiger partial charge >= 0.3 is 0 Å². The van der Waals surface area contributed by atoms with E-state index in [-0.39, 0.29) is 5.91 Å². The lowest BCUT2D eigenvalue weighted by Crippen LogP contribution is -2.13. The van der Waals surface area contributed by atoms with Crippen molar-refractivity contribution in [1.82, 2.24) is 15.0 Å². The predicted molar refractivity (Wildman–Crippen MR) is 73.0 cm³/mol. The molecule has 0 unspecified atom stereocenters. The molecule has 0 bridgehead atoms. The van der Waals surface area contributed by atoms with Crippen molar-refractivity contribution < 1.29 is 4.79 Å². The number of carbonyl (C=O) groups excluding carboxylic acids is 1. The van der Waals surface area contributed by atoms with Gasteiger partial charge in [-0.1, -0.05) is 11.8 Å². The highest BCUT2D eigenvalue weighted by molar-refractivity contribution is 7.99. The quantitative estimate of drug-likeness (QED) is 0.687. The number of thiazole rings is 1. The molecule has 1 N–H and O–H groups in total. The number of aromatic nitrogens is 3. The van der Waals surface area contributed by atoms with Crippen molar-refractivity contribution in [2.45, 2.75) is 18.9 Å². The number of hydrogen-bond acceptors (Lipinski definition) is 6. The Bertz CT molecular complexity index is 555. The molecule has 2 heterocycles. The molecular formula is C11H12N4OS2. The van der Waals surface area contributed by atoms with Gasteiger partial charge in [-0.3, -0.25) is 4.79 Å². The van der Waals surface area contributed by atoms with Crippen molar-refractivity contribution in [3.8, 4) is 0 Å². The molecule has 2 aromatic heterocycles. The number of hydrogen-bond donors (Lipinski definition) is 1. The van der Waals surface area contributed by atoms with Gasteiger partial charge in [0.25, 0.3) is 0 Å². The van der Waals surface area contributed by atoms with Crippen LogP contribution in [0.3, 0.4) is 0 Å². The van der Waals surface area contributed by atoms with Crippen LogP contribution >= 0.6 is 23.1 Å². The van der Waals surface area contributed by atoms with E-state index in [1.807, 2.05) is 25.3 Å². The van der Waals surface area contributed by atoms with E-state index >= 15 is 0 Å². The van der Waals surface area contributed by atoms with Crippen LogP contribution in [0.25, 0.3) is 0 Å². The Morgan fingerprint density at radius 1 is 1.39 bits per heavy atom. The summed E-state index contributed by atoms with van der Waals surface area (Å²) in [6.07, 6.45) is 1.50. The maximum Gasteiger partial charge on any atom is 0.236 e. The first-order chi connectivity index (χ1) is 8.63. The van der Waals surface area contributed by atoms with E-state index in [2.05, 4.69) is 20.3 Å². The zero-order valence-electron chi connectivity index (χ0n) is 10.0. The van der Waals surface area contributed by atoms with Gasteiger partial charge < -0.3 is 5.32 Å². The third-order valence-electron chi connectivity index (χ3n) is 2.00. The monoisotopic (exact) mass is 280 g/mol. The summed E-state index contributed by atoms with van der Waals surface area (Å²) in [6.45, 7) is 3.79. The standard InChI is InChI=1S/C11H12N4OS2/c1-7-3-10(13-6-12-7)17-5-9(16)15-11-14-8(2)4-18-11/h3-4,6H,5H2,1-2H3,(H,14,15,16).